The van der Waals surface area contributed by atoms with Gasteiger partial charge in [0.05, 0.1) is 48.3 Å². The molecular formula is C29H31NO8. The number of amides is 1. The number of rotatable bonds is 11. The lowest BCUT2D eigenvalue weighted by atomic mass is 10.1. The summed E-state index contributed by atoms with van der Waals surface area (Å²) in [6.45, 7) is 0. The van der Waals surface area contributed by atoms with Crippen LogP contribution in [0.5, 0.6) is 40.2 Å². The Kier molecular flexibility index (Phi) is 9.48. The van der Waals surface area contributed by atoms with Crippen LogP contribution in [0, 0.1) is 0 Å². The number of phenolic OH excluding ortho intramolecular Hbond substituents is 1. The van der Waals surface area contributed by atoms with Gasteiger partial charge in [0, 0.05) is 6.08 Å². The first-order chi connectivity index (χ1) is 18.4. The number of ether oxygens (including phenoxy) is 6. The monoisotopic (exact) mass is 521 g/mol. The summed E-state index contributed by atoms with van der Waals surface area (Å²) in [7, 11) is 9.14. The van der Waals surface area contributed by atoms with E-state index in [0.717, 1.165) is 11.1 Å². The van der Waals surface area contributed by atoms with Crippen molar-refractivity contribution in [3.8, 4) is 40.2 Å². The maximum Gasteiger partial charge on any atom is 0.248 e. The highest BCUT2D eigenvalue weighted by atomic mass is 16.5. The predicted molar refractivity (Wildman–Crippen MR) is 147 cm³/mol. The van der Waals surface area contributed by atoms with E-state index in [0.29, 0.717) is 45.7 Å². The molecule has 0 saturated carbocycles. The summed E-state index contributed by atoms with van der Waals surface area (Å²) in [5.74, 6) is 2.31. The second-order valence-corrected chi connectivity index (χ2v) is 7.85. The molecule has 3 aromatic rings. The Hall–Kier alpha value is -4.79. The lowest BCUT2D eigenvalue weighted by molar-refractivity contribution is -0.111. The van der Waals surface area contributed by atoms with Gasteiger partial charge >= 0.3 is 0 Å². The molecule has 0 heterocycles. The first-order valence-electron chi connectivity index (χ1n) is 11.5. The van der Waals surface area contributed by atoms with Crippen molar-refractivity contribution in [1.29, 1.82) is 0 Å². The molecule has 0 aliphatic rings. The molecule has 0 aliphatic heterocycles. The Labute approximate surface area is 221 Å². The zero-order valence-corrected chi connectivity index (χ0v) is 22.2. The predicted octanol–water partition coefficient (Wildman–Crippen LogP) is 5.27. The minimum atomic E-state index is -0.397. The first kappa shape index (κ1) is 27.8. The second kappa shape index (κ2) is 13.0. The number of aromatic hydroxyl groups is 1. The van der Waals surface area contributed by atoms with E-state index in [1.54, 1.807) is 51.7 Å². The van der Waals surface area contributed by atoms with E-state index in [1.165, 1.54) is 33.5 Å². The Morgan fingerprint density at radius 1 is 0.632 bits per heavy atom. The minimum absolute atomic E-state index is 0.0203. The maximum absolute atomic E-state index is 12.7. The van der Waals surface area contributed by atoms with Crippen molar-refractivity contribution in [2.45, 2.75) is 0 Å². The number of hydrogen-bond acceptors (Lipinski definition) is 8. The van der Waals surface area contributed by atoms with Gasteiger partial charge in [-0.25, -0.2) is 0 Å². The molecule has 9 nitrogen and oxygen atoms in total. The van der Waals surface area contributed by atoms with E-state index >= 15 is 0 Å². The molecular weight excluding hydrogens is 490 g/mol. The summed E-state index contributed by atoms with van der Waals surface area (Å²) in [6.07, 6.45) is 6.65. The van der Waals surface area contributed by atoms with Gasteiger partial charge in [-0.05, 0) is 59.2 Å². The van der Waals surface area contributed by atoms with Crippen LogP contribution in [0.15, 0.2) is 48.5 Å². The van der Waals surface area contributed by atoms with E-state index in [9.17, 15) is 9.90 Å². The Bertz CT molecular complexity index is 1320. The Morgan fingerprint density at radius 2 is 1.16 bits per heavy atom. The minimum Gasteiger partial charge on any atom is -0.504 e. The van der Waals surface area contributed by atoms with Crippen molar-refractivity contribution in [1.82, 2.24) is 0 Å². The summed E-state index contributed by atoms with van der Waals surface area (Å²) in [4.78, 5) is 12.7. The summed E-state index contributed by atoms with van der Waals surface area (Å²) in [6, 6.07) is 12.0. The summed E-state index contributed by atoms with van der Waals surface area (Å²) in [5, 5.41) is 12.8. The number of hydrogen-bond donors (Lipinski definition) is 2. The third-order valence-corrected chi connectivity index (χ3v) is 5.54. The normalized spacial score (nSPS) is 10.9. The van der Waals surface area contributed by atoms with Gasteiger partial charge in [0.1, 0.15) is 0 Å². The van der Waals surface area contributed by atoms with Crippen LogP contribution < -0.4 is 33.7 Å². The van der Waals surface area contributed by atoms with Crippen LogP contribution >= 0.6 is 0 Å². The summed E-state index contributed by atoms with van der Waals surface area (Å²) < 4.78 is 32.3. The Morgan fingerprint density at radius 3 is 1.66 bits per heavy atom. The third-order valence-electron chi connectivity index (χ3n) is 5.54. The van der Waals surface area contributed by atoms with Crippen molar-refractivity contribution in [2.24, 2.45) is 0 Å². The van der Waals surface area contributed by atoms with Crippen molar-refractivity contribution in [3.63, 3.8) is 0 Å². The molecule has 0 aliphatic carbocycles. The van der Waals surface area contributed by atoms with Gasteiger partial charge in [-0.3, -0.25) is 4.79 Å². The maximum atomic E-state index is 12.7. The molecule has 0 fully saturated rings. The quantitative estimate of drug-likeness (QED) is 0.260. The average molecular weight is 522 g/mol. The van der Waals surface area contributed by atoms with Crippen LogP contribution in [0.2, 0.25) is 0 Å². The lowest BCUT2D eigenvalue weighted by Gasteiger charge is -2.14. The molecule has 200 valence electrons. The zero-order valence-electron chi connectivity index (χ0n) is 22.2. The molecule has 0 unspecified atom stereocenters. The SMILES string of the molecule is COc1ccc(/C=C/C(=O)Nc2cc(C=Cc3cc(OC)c(OC)c(OC)c3)cc(OC)c2OC)cc1O. The fraction of sp³-hybridized carbons (Fsp3) is 0.207. The lowest BCUT2D eigenvalue weighted by Crippen LogP contribution is -2.09. The van der Waals surface area contributed by atoms with Crippen molar-refractivity contribution in [2.75, 3.05) is 48.0 Å². The van der Waals surface area contributed by atoms with Crippen molar-refractivity contribution in [3.05, 3.63) is 65.2 Å². The smallest absolute Gasteiger partial charge is 0.248 e. The van der Waals surface area contributed by atoms with Gasteiger partial charge in [0.2, 0.25) is 11.7 Å². The second-order valence-electron chi connectivity index (χ2n) is 7.85. The molecule has 0 atom stereocenters. The topological polar surface area (TPSA) is 105 Å². The van der Waals surface area contributed by atoms with Crippen molar-refractivity contribution < 1.29 is 38.3 Å². The van der Waals surface area contributed by atoms with E-state index in [1.807, 2.05) is 24.3 Å². The molecule has 9 heteroatoms. The van der Waals surface area contributed by atoms with Gasteiger partial charge in [0.25, 0.3) is 0 Å². The molecule has 38 heavy (non-hydrogen) atoms. The Balaban J connectivity index is 1.89. The molecule has 3 rings (SSSR count). The molecule has 3 aromatic carbocycles. The van der Waals surface area contributed by atoms with Crippen molar-refractivity contribution >= 4 is 29.8 Å². The fourth-order valence-corrected chi connectivity index (χ4v) is 3.72. The molecule has 0 bridgehead atoms. The molecule has 0 aromatic heterocycles. The number of methoxy groups -OCH3 is 6. The van der Waals surface area contributed by atoms with E-state index in [-0.39, 0.29) is 5.75 Å². The van der Waals surface area contributed by atoms with Crippen LogP contribution in [0.1, 0.15) is 16.7 Å². The van der Waals surface area contributed by atoms with E-state index < -0.39 is 5.91 Å². The highest BCUT2D eigenvalue weighted by Gasteiger charge is 2.15. The number of carbonyl (C=O) groups is 1. The van der Waals surface area contributed by atoms with Gasteiger partial charge < -0.3 is 38.8 Å². The standard InChI is InChI=1S/C29H31NO8/c1-33-23-11-9-18(14-22(23)31)10-12-27(32)30-21-13-19(15-24(34-2)28(21)37-5)7-8-20-16-25(35-3)29(38-6)26(17-20)36-4/h7-17,31H,1-6H3,(H,30,32)/b8-7?,12-10+. The van der Waals surface area contributed by atoms with Gasteiger partial charge in [-0.2, -0.15) is 0 Å². The molecule has 0 spiro atoms. The van der Waals surface area contributed by atoms with Gasteiger partial charge in [0.15, 0.2) is 34.5 Å². The zero-order chi connectivity index (χ0) is 27.7. The van der Waals surface area contributed by atoms with E-state index in [2.05, 4.69) is 5.32 Å². The number of carbonyl (C=O) groups excluding carboxylic acids is 1. The molecule has 1 amide bonds. The largest absolute Gasteiger partial charge is 0.504 e. The van der Waals surface area contributed by atoms with Gasteiger partial charge in [-0.15, -0.1) is 0 Å². The van der Waals surface area contributed by atoms with Gasteiger partial charge in [-0.1, -0.05) is 18.2 Å². The van der Waals surface area contributed by atoms with Crippen LogP contribution in [0.4, 0.5) is 5.69 Å². The van der Waals surface area contributed by atoms with Crippen LogP contribution in [0.25, 0.3) is 18.2 Å². The van der Waals surface area contributed by atoms with Crippen LogP contribution in [-0.4, -0.2) is 53.7 Å². The number of benzene rings is 3. The highest BCUT2D eigenvalue weighted by Crippen LogP contribution is 2.40. The summed E-state index contributed by atoms with van der Waals surface area (Å²) >= 11 is 0. The average Bonchev–Trinajstić information content (AvgIpc) is 2.93. The fourth-order valence-electron chi connectivity index (χ4n) is 3.72. The molecule has 0 radical (unpaired) electrons. The van der Waals surface area contributed by atoms with Crippen LogP contribution in [0.3, 0.4) is 0 Å². The molecule has 0 saturated heterocycles. The number of phenols is 1. The molecule has 2 N–H and O–H groups in total. The third kappa shape index (κ3) is 6.50. The highest BCUT2D eigenvalue weighted by molar-refractivity contribution is 6.03. The summed E-state index contributed by atoms with van der Waals surface area (Å²) in [5.41, 5.74) is 2.61. The van der Waals surface area contributed by atoms with Crippen LogP contribution in [-0.2, 0) is 4.79 Å². The first-order valence-corrected chi connectivity index (χ1v) is 11.5. The number of nitrogens with one attached hydrogen (secondary N) is 1. The number of anilines is 1. The van der Waals surface area contributed by atoms with E-state index in [4.69, 9.17) is 28.4 Å².